The standard InChI is InChI=1S/C9H16N2O4S/c1-3-7-4-5-9(15-7)8(6-14-2)11-16(10,12)13/h4-5,8,11H,3,6H2,1-2H3,(H2,10,12,13)/t8-/m1/s1. The SMILES string of the molecule is CCc1ccc([C@@H](COC)NS(N)(=O)=O)o1. The van der Waals surface area contributed by atoms with Gasteiger partial charge in [0, 0.05) is 13.5 Å². The summed E-state index contributed by atoms with van der Waals surface area (Å²) in [6.07, 6.45) is 0.745. The van der Waals surface area contributed by atoms with E-state index in [9.17, 15) is 8.42 Å². The summed E-state index contributed by atoms with van der Waals surface area (Å²) in [6.45, 7) is 2.11. The molecule has 0 amide bonds. The minimum atomic E-state index is -3.78. The van der Waals surface area contributed by atoms with Crippen molar-refractivity contribution in [3.63, 3.8) is 0 Å². The maximum atomic E-state index is 10.9. The third kappa shape index (κ3) is 3.93. The van der Waals surface area contributed by atoms with E-state index in [2.05, 4.69) is 4.72 Å². The van der Waals surface area contributed by atoms with Gasteiger partial charge in [-0.25, -0.2) is 5.14 Å². The lowest BCUT2D eigenvalue weighted by molar-refractivity contribution is 0.166. The van der Waals surface area contributed by atoms with E-state index in [0.717, 1.165) is 12.2 Å². The molecular weight excluding hydrogens is 232 g/mol. The van der Waals surface area contributed by atoms with Crippen LogP contribution in [0.5, 0.6) is 0 Å². The normalized spacial score (nSPS) is 13.9. The number of rotatable bonds is 6. The van der Waals surface area contributed by atoms with Crippen LogP contribution in [0.3, 0.4) is 0 Å². The fourth-order valence-electron chi connectivity index (χ4n) is 1.31. The zero-order valence-corrected chi connectivity index (χ0v) is 10.1. The summed E-state index contributed by atoms with van der Waals surface area (Å²) in [5, 5.41) is 4.91. The summed E-state index contributed by atoms with van der Waals surface area (Å²) >= 11 is 0. The molecule has 0 bridgehead atoms. The molecule has 0 unspecified atom stereocenters. The quantitative estimate of drug-likeness (QED) is 0.758. The number of methoxy groups -OCH3 is 1. The van der Waals surface area contributed by atoms with E-state index in [0.29, 0.717) is 5.76 Å². The van der Waals surface area contributed by atoms with E-state index in [-0.39, 0.29) is 6.61 Å². The van der Waals surface area contributed by atoms with Gasteiger partial charge in [0.05, 0.1) is 6.61 Å². The smallest absolute Gasteiger partial charge is 0.275 e. The molecule has 1 atom stereocenters. The molecule has 0 radical (unpaired) electrons. The average molecular weight is 248 g/mol. The maximum absolute atomic E-state index is 10.9. The van der Waals surface area contributed by atoms with Crippen molar-refractivity contribution in [3.8, 4) is 0 Å². The van der Waals surface area contributed by atoms with Crippen molar-refractivity contribution in [2.24, 2.45) is 5.14 Å². The predicted molar refractivity (Wildman–Crippen MR) is 58.9 cm³/mol. The summed E-state index contributed by atoms with van der Waals surface area (Å²) in [4.78, 5) is 0. The number of hydrogen-bond donors (Lipinski definition) is 2. The summed E-state index contributed by atoms with van der Waals surface area (Å²) < 4.78 is 34.4. The molecule has 1 rings (SSSR count). The molecule has 0 saturated carbocycles. The van der Waals surface area contributed by atoms with Gasteiger partial charge in [0.1, 0.15) is 17.6 Å². The first-order valence-corrected chi connectivity index (χ1v) is 6.38. The second-order valence-corrected chi connectivity index (χ2v) is 4.65. The van der Waals surface area contributed by atoms with Crippen molar-refractivity contribution in [2.45, 2.75) is 19.4 Å². The summed E-state index contributed by atoms with van der Waals surface area (Å²) in [5.74, 6) is 1.28. The van der Waals surface area contributed by atoms with Crippen LogP contribution in [-0.2, 0) is 21.4 Å². The zero-order valence-electron chi connectivity index (χ0n) is 9.26. The molecule has 0 aliphatic carbocycles. The van der Waals surface area contributed by atoms with Crippen LogP contribution in [0.4, 0.5) is 0 Å². The van der Waals surface area contributed by atoms with Gasteiger partial charge in [-0.1, -0.05) is 6.92 Å². The fraction of sp³-hybridized carbons (Fsp3) is 0.556. The second kappa shape index (κ2) is 5.44. The van der Waals surface area contributed by atoms with Crippen LogP contribution in [0.15, 0.2) is 16.5 Å². The molecule has 0 spiro atoms. The Morgan fingerprint density at radius 1 is 1.56 bits per heavy atom. The van der Waals surface area contributed by atoms with Crippen LogP contribution in [0.2, 0.25) is 0 Å². The molecule has 92 valence electrons. The van der Waals surface area contributed by atoms with Crippen molar-refractivity contribution in [3.05, 3.63) is 23.7 Å². The molecular formula is C9H16N2O4S. The zero-order chi connectivity index (χ0) is 12.2. The van der Waals surface area contributed by atoms with E-state index in [1.165, 1.54) is 7.11 Å². The summed E-state index contributed by atoms with van der Waals surface area (Å²) in [5.41, 5.74) is 0. The lowest BCUT2D eigenvalue weighted by atomic mass is 10.2. The Morgan fingerprint density at radius 3 is 2.69 bits per heavy atom. The van der Waals surface area contributed by atoms with Crippen LogP contribution in [0.25, 0.3) is 0 Å². The van der Waals surface area contributed by atoms with Gasteiger partial charge in [-0.05, 0) is 12.1 Å². The molecule has 1 aromatic rings. The third-order valence-corrected chi connectivity index (χ3v) is 2.63. The highest BCUT2D eigenvalue weighted by atomic mass is 32.2. The molecule has 0 saturated heterocycles. The van der Waals surface area contributed by atoms with Gasteiger partial charge in [-0.2, -0.15) is 13.1 Å². The maximum Gasteiger partial charge on any atom is 0.275 e. The number of nitrogens with one attached hydrogen (secondary N) is 1. The molecule has 0 aliphatic heterocycles. The highest BCUT2D eigenvalue weighted by Gasteiger charge is 2.19. The first kappa shape index (κ1) is 13.2. The highest BCUT2D eigenvalue weighted by Crippen LogP contribution is 2.17. The van der Waals surface area contributed by atoms with E-state index in [4.69, 9.17) is 14.3 Å². The molecule has 6 nitrogen and oxygen atoms in total. The van der Waals surface area contributed by atoms with Gasteiger partial charge >= 0.3 is 0 Å². The van der Waals surface area contributed by atoms with E-state index in [1.807, 2.05) is 6.92 Å². The topological polar surface area (TPSA) is 94.6 Å². The van der Waals surface area contributed by atoms with Crippen molar-refractivity contribution in [2.75, 3.05) is 13.7 Å². The van der Waals surface area contributed by atoms with Gasteiger partial charge in [-0.15, -0.1) is 0 Å². The number of hydrogen-bond acceptors (Lipinski definition) is 4. The Kier molecular flexibility index (Phi) is 4.48. The Labute approximate surface area is 94.9 Å². The molecule has 1 heterocycles. The lowest BCUT2D eigenvalue weighted by Gasteiger charge is -2.13. The number of nitrogens with two attached hydrogens (primary N) is 1. The second-order valence-electron chi connectivity index (χ2n) is 3.33. The minimum Gasteiger partial charge on any atom is -0.464 e. The summed E-state index contributed by atoms with van der Waals surface area (Å²) in [6, 6.07) is 2.91. The largest absolute Gasteiger partial charge is 0.464 e. The summed E-state index contributed by atoms with van der Waals surface area (Å²) in [7, 11) is -2.31. The number of furan rings is 1. The predicted octanol–water partition coefficient (Wildman–Crippen LogP) is 0.323. The van der Waals surface area contributed by atoms with Crippen molar-refractivity contribution in [1.82, 2.24) is 4.72 Å². The van der Waals surface area contributed by atoms with E-state index in [1.54, 1.807) is 12.1 Å². The van der Waals surface area contributed by atoms with Crippen LogP contribution in [-0.4, -0.2) is 22.1 Å². The fourth-order valence-corrected chi connectivity index (χ4v) is 1.89. The number of aryl methyl sites for hydroxylation is 1. The molecule has 16 heavy (non-hydrogen) atoms. The van der Waals surface area contributed by atoms with Gasteiger partial charge < -0.3 is 9.15 Å². The van der Waals surface area contributed by atoms with Crippen molar-refractivity contribution < 1.29 is 17.6 Å². The Hall–Kier alpha value is -0.890. The molecule has 0 aliphatic rings. The molecule has 1 aromatic heterocycles. The average Bonchev–Trinajstić information content (AvgIpc) is 2.63. The third-order valence-electron chi connectivity index (χ3n) is 2.01. The van der Waals surface area contributed by atoms with E-state index >= 15 is 0 Å². The van der Waals surface area contributed by atoms with Gasteiger partial charge in [-0.3, -0.25) is 0 Å². The van der Waals surface area contributed by atoms with Gasteiger partial charge in [0.25, 0.3) is 10.2 Å². The Balaban J connectivity index is 2.84. The van der Waals surface area contributed by atoms with Crippen LogP contribution in [0, 0.1) is 0 Å². The van der Waals surface area contributed by atoms with E-state index < -0.39 is 16.3 Å². The van der Waals surface area contributed by atoms with Crippen LogP contribution < -0.4 is 9.86 Å². The van der Waals surface area contributed by atoms with Crippen molar-refractivity contribution in [1.29, 1.82) is 0 Å². The molecule has 0 fully saturated rings. The Morgan fingerprint density at radius 2 is 2.25 bits per heavy atom. The van der Waals surface area contributed by atoms with Crippen LogP contribution >= 0.6 is 0 Å². The Bertz CT molecular complexity index is 426. The van der Waals surface area contributed by atoms with Crippen molar-refractivity contribution >= 4 is 10.2 Å². The van der Waals surface area contributed by atoms with Gasteiger partial charge in [0.15, 0.2) is 0 Å². The first-order valence-electron chi connectivity index (χ1n) is 4.84. The first-order chi connectivity index (χ1) is 7.46. The monoisotopic (exact) mass is 248 g/mol. The minimum absolute atomic E-state index is 0.160. The lowest BCUT2D eigenvalue weighted by Crippen LogP contribution is -2.36. The van der Waals surface area contributed by atoms with Gasteiger partial charge in [0.2, 0.25) is 0 Å². The molecule has 3 N–H and O–H groups in total. The highest BCUT2D eigenvalue weighted by molar-refractivity contribution is 7.87. The molecule has 7 heteroatoms. The molecule has 0 aromatic carbocycles. The number of ether oxygens (including phenoxy) is 1. The van der Waals surface area contributed by atoms with Crippen LogP contribution in [0.1, 0.15) is 24.5 Å².